The van der Waals surface area contributed by atoms with E-state index in [9.17, 15) is 24.9 Å². The number of aromatic carboxylic acids is 1. The van der Waals surface area contributed by atoms with Gasteiger partial charge in [-0.2, -0.15) is 0 Å². The number of benzene rings is 1. The number of halogens is 1. The fourth-order valence-corrected chi connectivity index (χ4v) is 4.79. The molecule has 1 saturated carbocycles. The molecule has 1 aliphatic carbocycles. The maximum Gasteiger partial charge on any atom is 0.339 e. The lowest BCUT2D eigenvalue weighted by Crippen LogP contribution is -2.29. The van der Waals surface area contributed by atoms with E-state index in [-0.39, 0.29) is 35.5 Å². The number of aromatic hydroxyl groups is 1. The molecule has 0 saturated heterocycles. The van der Waals surface area contributed by atoms with Crippen LogP contribution in [0.5, 0.6) is 5.75 Å². The standard InChI is InChI=1S/C19H25BrO5/c1-9(2)11-5-6-19(4,8-13(21)22)15(11)12-7-10(3)16(20)17(23)14(12)18(24)25/h7,9,11,15,23H,5-6,8H2,1-4H3,(H,21,22)(H,24,25). The number of hydrogen-bond donors (Lipinski definition) is 3. The molecule has 3 atom stereocenters. The predicted octanol–water partition coefficient (Wildman–Crippen LogP) is 4.79. The number of hydrogen-bond acceptors (Lipinski definition) is 3. The molecule has 0 aliphatic heterocycles. The number of aliphatic carboxylic acids is 1. The highest BCUT2D eigenvalue weighted by molar-refractivity contribution is 9.10. The third kappa shape index (κ3) is 3.54. The Morgan fingerprint density at radius 1 is 1.36 bits per heavy atom. The highest BCUT2D eigenvalue weighted by Crippen LogP contribution is 2.58. The van der Waals surface area contributed by atoms with E-state index in [0.29, 0.717) is 10.0 Å². The number of rotatable bonds is 5. The first-order valence-electron chi connectivity index (χ1n) is 8.46. The van der Waals surface area contributed by atoms with Crippen molar-refractivity contribution in [2.24, 2.45) is 17.3 Å². The van der Waals surface area contributed by atoms with Gasteiger partial charge in [-0.3, -0.25) is 4.79 Å². The molecule has 2 rings (SSSR count). The highest BCUT2D eigenvalue weighted by Gasteiger charge is 2.49. The molecule has 138 valence electrons. The van der Waals surface area contributed by atoms with Crippen LogP contribution in [0, 0.1) is 24.2 Å². The Kier molecular flexibility index (Phi) is 5.52. The third-order valence-corrected chi connectivity index (χ3v) is 6.64. The molecule has 0 amide bonds. The fourth-order valence-electron chi connectivity index (χ4n) is 4.48. The van der Waals surface area contributed by atoms with Crippen LogP contribution in [-0.4, -0.2) is 27.3 Å². The number of phenols is 1. The molecule has 1 aromatic rings. The molecule has 3 unspecified atom stereocenters. The van der Waals surface area contributed by atoms with Crippen molar-refractivity contribution in [1.29, 1.82) is 0 Å². The average Bonchev–Trinajstić information content (AvgIpc) is 2.80. The fraction of sp³-hybridized carbons (Fsp3) is 0.579. The van der Waals surface area contributed by atoms with Crippen LogP contribution in [0.4, 0.5) is 0 Å². The number of carboxylic acids is 2. The normalized spacial score (nSPS) is 26.2. The quantitative estimate of drug-likeness (QED) is 0.645. The first kappa shape index (κ1) is 19.8. The minimum Gasteiger partial charge on any atom is -0.506 e. The maximum absolute atomic E-state index is 11.9. The van der Waals surface area contributed by atoms with E-state index in [1.54, 1.807) is 13.0 Å². The van der Waals surface area contributed by atoms with E-state index in [1.165, 1.54) is 0 Å². The monoisotopic (exact) mass is 412 g/mol. The van der Waals surface area contributed by atoms with Crippen LogP contribution in [0.3, 0.4) is 0 Å². The van der Waals surface area contributed by atoms with E-state index in [4.69, 9.17) is 0 Å². The second kappa shape index (κ2) is 6.98. The smallest absolute Gasteiger partial charge is 0.339 e. The van der Waals surface area contributed by atoms with Crippen molar-refractivity contribution in [3.8, 4) is 5.75 Å². The molecule has 5 nitrogen and oxygen atoms in total. The first-order chi connectivity index (χ1) is 11.5. The summed E-state index contributed by atoms with van der Waals surface area (Å²) in [5.74, 6) is -2.13. The molecular formula is C19H25BrO5. The van der Waals surface area contributed by atoms with Gasteiger partial charge in [-0.15, -0.1) is 0 Å². The summed E-state index contributed by atoms with van der Waals surface area (Å²) in [5.41, 5.74) is 0.624. The van der Waals surface area contributed by atoms with Crippen molar-refractivity contribution in [2.75, 3.05) is 0 Å². The van der Waals surface area contributed by atoms with Crippen molar-refractivity contribution >= 4 is 27.9 Å². The van der Waals surface area contributed by atoms with Crippen molar-refractivity contribution in [2.45, 2.75) is 52.9 Å². The highest BCUT2D eigenvalue weighted by atomic mass is 79.9. The molecule has 1 aliphatic rings. The summed E-state index contributed by atoms with van der Waals surface area (Å²) >= 11 is 3.25. The molecule has 0 radical (unpaired) electrons. The predicted molar refractivity (Wildman–Crippen MR) is 98.2 cm³/mol. The average molecular weight is 413 g/mol. The lowest BCUT2D eigenvalue weighted by Gasteiger charge is -2.36. The molecule has 1 aromatic carbocycles. The first-order valence-corrected chi connectivity index (χ1v) is 9.26. The van der Waals surface area contributed by atoms with E-state index < -0.39 is 17.4 Å². The van der Waals surface area contributed by atoms with Gasteiger partial charge in [0.15, 0.2) is 0 Å². The molecule has 0 spiro atoms. The second-order valence-corrected chi connectivity index (χ2v) is 8.57. The summed E-state index contributed by atoms with van der Waals surface area (Å²) < 4.78 is 0.368. The third-order valence-electron chi connectivity index (χ3n) is 5.64. The number of carboxylic acid groups (broad SMARTS) is 2. The second-order valence-electron chi connectivity index (χ2n) is 7.77. The zero-order chi connectivity index (χ0) is 19.1. The molecule has 0 heterocycles. The van der Waals surface area contributed by atoms with Gasteiger partial charge in [-0.1, -0.05) is 26.8 Å². The lowest BCUT2D eigenvalue weighted by molar-refractivity contribution is -0.139. The SMILES string of the molecule is Cc1cc(C2C(C(C)C)CCC2(C)CC(=O)O)c(C(=O)O)c(O)c1Br. The summed E-state index contributed by atoms with van der Waals surface area (Å²) in [6.07, 6.45) is 1.55. The van der Waals surface area contributed by atoms with Crippen LogP contribution in [0.15, 0.2) is 10.5 Å². The van der Waals surface area contributed by atoms with Gasteiger partial charge in [0.1, 0.15) is 11.3 Å². The van der Waals surface area contributed by atoms with Crippen LogP contribution in [0.25, 0.3) is 0 Å². The van der Waals surface area contributed by atoms with E-state index in [1.807, 2.05) is 6.92 Å². The minimum absolute atomic E-state index is 0.0180. The zero-order valence-corrected chi connectivity index (χ0v) is 16.6. The Morgan fingerprint density at radius 2 is 1.96 bits per heavy atom. The lowest BCUT2D eigenvalue weighted by atomic mass is 9.67. The summed E-state index contributed by atoms with van der Waals surface area (Å²) in [6.45, 7) is 7.88. The van der Waals surface area contributed by atoms with Crippen LogP contribution in [-0.2, 0) is 4.79 Å². The topological polar surface area (TPSA) is 94.8 Å². The molecular weight excluding hydrogens is 388 g/mol. The molecule has 25 heavy (non-hydrogen) atoms. The summed E-state index contributed by atoms with van der Waals surface area (Å²) in [4.78, 5) is 23.3. The van der Waals surface area contributed by atoms with Crippen molar-refractivity contribution < 1.29 is 24.9 Å². The van der Waals surface area contributed by atoms with Crippen molar-refractivity contribution in [3.05, 3.63) is 27.2 Å². The number of carbonyl (C=O) groups is 2. The molecule has 6 heteroatoms. The van der Waals surface area contributed by atoms with E-state index >= 15 is 0 Å². The minimum atomic E-state index is -1.19. The largest absolute Gasteiger partial charge is 0.506 e. The summed E-state index contributed by atoms with van der Waals surface area (Å²) in [6, 6.07) is 1.79. The summed E-state index contributed by atoms with van der Waals surface area (Å²) in [7, 11) is 0. The Bertz CT molecular complexity index is 712. The van der Waals surface area contributed by atoms with Gasteiger partial charge < -0.3 is 15.3 Å². The van der Waals surface area contributed by atoms with Gasteiger partial charge in [0.25, 0.3) is 0 Å². The van der Waals surface area contributed by atoms with Gasteiger partial charge >= 0.3 is 11.9 Å². The molecule has 0 aromatic heterocycles. The van der Waals surface area contributed by atoms with E-state index in [2.05, 4.69) is 29.8 Å². The van der Waals surface area contributed by atoms with Gasteiger partial charge in [0.2, 0.25) is 0 Å². The van der Waals surface area contributed by atoms with Crippen LogP contribution in [0.2, 0.25) is 0 Å². The molecule has 3 N–H and O–H groups in total. The van der Waals surface area contributed by atoms with Gasteiger partial charge in [-0.25, -0.2) is 4.79 Å². The van der Waals surface area contributed by atoms with Crippen molar-refractivity contribution in [1.82, 2.24) is 0 Å². The summed E-state index contributed by atoms with van der Waals surface area (Å²) in [5, 5.41) is 29.5. The Morgan fingerprint density at radius 3 is 2.44 bits per heavy atom. The maximum atomic E-state index is 11.9. The van der Waals surface area contributed by atoms with Crippen LogP contribution >= 0.6 is 15.9 Å². The Balaban J connectivity index is 2.73. The van der Waals surface area contributed by atoms with Gasteiger partial charge in [0.05, 0.1) is 10.9 Å². The van der Waals surface area contributed by atoms with Crippen LogP contribution in [0.1, 0.15) is 67.4 Å². The van der Waals surface area contributed by atoms with Gasteiger partial charge in [-0.05, 0) is 70.0 Å². The zero-order valence-electron chi connectivity index (χ0n) is 15.0. The number of aryl methyl sites for hydroxylation is 1. The van der Waals surface area contributed by atoms with Crippen LogP contribution < -0.4 is 0 Å². The Labute approximate surface area is 156 Å². The van der Waals surface area contributed by atoms with Crippen molar-refractivity contribution in [3.63, 3.8) is 0 Å². The van der Waals surface area contributed by atoms with E-state index in [0.717, 1.165) is 18.4 Å². The van der Waals surface area contributed by atoms with Gasteiger partial charge in [0, 0.05) is 0 Å². The molecule has 0 bridgehead atoms. The Hall–Kier alpha value is -1.56. The molecule has 1 fully saturated rings.